The molecule has 3 aromatic carbocycles. The second-order valence-corrected chi connectivity index (χ2v) is 7.86. The van der Waals surface area contributed by atoms with Crippen molar-refractivity contribution in [2.45, 2.75) is 13.0 Å². The lowest BCUT2D eigenvalue weighted by Gasteiger charge is -2.11. The van der Waals surface area contributed by atoms with Crippen molar-refractivity contribution < 1.29 is 9.59 Å². The monoisotopic (exact) mass is 400 g/mol. The minimum atomic E-state index is -0.561. The maximum absolute atomic E-state index is 12.7. The predicted molar refractivity (Wildman–Crippen MR) is 116 cm³/mol. The average molecular weight is 400 g/mol. The van der Waals surface area contributed by atoms with Crippen LogP contribution in [0.3, 0.4) is 0 Å². The molecular weight excluding hydrogens is 384 g/mol. The Morgan fingerprint density at radius 2 is 1.79 bits per heavy atom. The first-order valence-electron chi connectivity index (χ1n) is 9.18. The average Bonchev–Trinajstić information content (AvgIpc) is 3.26. The van der Waals surface area contributed by atoms with E-state index in [1.54, 1.807) is 13.0 Å². The molecule has 4 aromatic rings. The second kappa shape index (κ2) is 6.79. The number of nitrogens with zero attached hydrogens (tertiary/aromatic N) is 2. The number of carbonyl (C=O) groups excluding carboxylic acids is 2. The van der Waals surface area contributed by atoms with E-state index in [-0.39, 0.29) is 17.4 Å². The number of hydrogen-bond donors (Lipinski definition) is 2. The number of para-hydroxylation sites is 1. The van der Waals surface area contributed by atoms with Gasteiger partial charge in [0.1, 0.15) is 11.8 Å². The molecule has 6 nitrogen and oxygen atoms in total. The van der Waals surface area contributed by atoms with Gasteiger partial charge in [0.25, 0.3) is 5.91 Å². The Bertz CT molecular complexity index is 1290. The lowest BCUT2D eigenvalue weighted by atomic mass is 10.1. The molecule has 1 heterocycles. The highest BCUT2D eigenvalue weighted by atomic mass is 32.1. The second-order valence-electron chi connectivity index (χ2n) is 6.83. The Labute approximate surface area is 170 Å². The largest absolute Gasteiger partial charge is 0.350 e. The van der Waals surface area contributed by atoms with E-state index in [4.69, 9.17) is 0 Å². The van der Waals surface area contributed by atoms with Gasteiger partial charge in [0.05, 0.1) is 10.2 Å². The number of Topliss-reactive ketones (excluding diaryl/α,β-unsaturated/α-hetero) is 1. The molecule has 0 aliphatic heterocycles. The number of ketones is 1. The summed E-state index contributed by atoms with van der Waals surface area (Å²) in [5.74, 6) is -0.517. The third-order valence-corrected chi connectivity index (χ3v) is 5.89. The highest BCUT2D eigenvalue weighted by Crippen LogP contribution is 2.31. The van der Waals surface area contributed by atoms with Crippen LogP contribution < -0.4 is 10.7 Å². The fourth-order valence-corrected chi connectivity index (χ4v) is 4.43. The SMILES string of the molecule is C[C@H](Nc1nc2ccccc2s1)C(=O)N/N=C1\C(=O)c2cccc3cccc1c23. The zero-order valence-electron chi connectivity index (χ0n) is 15.5. The van der Waals surface area contributed by atoms with E-state index < -0.39 is 6.04 Å². The molecule has 142 valence electrons. The fraction of sp³-hybridized carbons (Fsp3) is 0.0909. The zero-order chi connectivity index (χ0) is 20.0. The standard InChI is InChI=1S/C22H16N4O2S/c1-12(23-22-24-16-10-2-3-11-17(16)29-22)21(28)26-25-19-14-8-4-6-13-7-5-9-15(18(13)14)20(19)27/h2-12H,1H3,(H,23,24)(H,26,28)/b25-19-/t12-/m0/s1. The summed E-state index contributed by atoms with van der Waals surface area (Å²) in [6, 6.07) is 18.5. The maximum atomic E-state index is 12.7. The van der Waals surface area contributed by atoms with Crippen molar-refractivity contribution >= 4 is 54.9 Å². The molecule has 0 unspecified atom stereocenters. The number of rotatable bonds is 4. The van der Waals surface area contributed by atoms with Gasteiger partial charge in [0.15, 0.2) is 5.13 Å². The van der Waals surface area contributed by atoms with E-state index in [1.165, 1.54) is 11.3 Å². The third-order valence-electron chi connectivity index (χ3n) is 4.92. The van der Waals surface area contributed by atoms with E-state index >= 15 is 0 Å². The topological polar surface area (TPSA) is 83.4 Å². The molecule has 1 aliphatic carbocycles. The number of nitrogens with one attached hydrogen (secondary N) is 2. The summed E-state index contributed by atoms with van der Waals surface area (Å²) < 4.78 is 1.05. The van der Waals surface area contributed by atoms with Gasteiger partial charge in [-0.05, 0) is 24.4 Å². The summed E-state index contributed by atoms with van der Waals surface area (Å²) in [6.45, 7) is 1.73. The Morgan fingerprint density at radius 1 is 1.03 bits per heavy atom. The van der Waals surface area contributed by atoms with Crippen LogP contribution >= 0.6 is 11.3 Å². The van der Waals surface area contributed by atoms with Crippen LogP contribution in [0.25, 0.3) is 21.0 Å². The first-order chi connectivity index (χ1) is 14.1. The van der Waals surface area contributed by atoms with Gasteiger partial charge in [-0.2, -0.15) is 5.10 Å². The van der Waals surface area contributed by atoms with Gasteiger partial charge in [-0.3, -0.25) is 9.59 Å². The van der Waals surface area contributed by atoms with Crippen molar-refractivity contribution in [3.63, 3.8) is 0 Å². The Morgan fingerprint density at radius 3 is 2.59 bits per heavy atom. The number of thiazole rings is 1. The molecule has 0 saturated heterocycles. The molecule has 0 bridgehead atoms. The van der Waals surface area contributed by atoms with Crippen LogP contribution in [0, 0.1) is 0 Å². The third kappa shape index (κ3) is 2.96. The quantitative estimate of drug-likeness (QED) is 0.508. The molecule has 7 heteroatoms. The summed E-state index contributed by atoms with van der Waals surface area (Å²) in [5, 5.41) is 9.78. The van der Waals surface area contributed by atoms with Crippen LogP contribution in [0.5, 0.6) is 0 Å². The summed E-state index contributed by atoms with van der Waals surface area (Å²) in [6.07, 6.45) is 0. The lowest BCUT2D eigenvalue weighted by molar-refractivity contribution is -0.121. The van der Waals surface area contributed by atoms with Crippen LogP contribution in [0.2, 0.25) is 0 Å². The van der Waals surface area contributed by atoms with Gasteiger partial charge in [-0.25, -0.2) is 10.4 Å². The molecule has 1 aliphatic rings. The smallest absolute Gasteiger partial charge is 0.262 e. The zero-order valence-corrected chi connectivity index (χ0v) is 16.3. The number of amides is 1. The Kier molecular flexibility index (Phi) is 4.10. The van der Waals surface area contributed by atoms with Crippen molar-refractivity contribution in [1.82, 2.24) is 10.4 Å². The minimum absolute atomic E-state index is 0.177. The van der Waals surface area contributed by atoms with Gasteiger partial charge in [0, 0.05) is 16.5 Å². The summed E-state index contributed by atoms with van der Waals surface area (Å²) in [5.41, 5.74) is 5.04. The summed E-state index contributed by atoms with van der Waals surface area (Å²) in [4.78, 5) is 29.7. The number of fused-ring (bicyclic) bond motifs is 1. The molecule has 0 radical (unpaired) electrons. The molecule has 2 N–H and O–H groups in total. The van der Waals surface area contributed by atoms with E-state index in [0.717, 1.165) is 26.6 Å². The van der Waals surface area contributed by atoms with Crippen molar-refractivity contribution in [3.05, 3.63) is 71.8 Å². The van der Waals surface area contributed by atoms with E-state index in [2.05, 4.69) is 20.8 Å². The fourth-order valence-electron chi connectivity index (χ4n) is 3.48. The molecule has 5 rings (SSSR count). The number of hydrazone groups is 1. The molecule has 29 heavy (non-hydrogen) atoms. The van der Waals surface area contributed by atoms with E-state index in [0.29, 0.717) is 10.7 Å². The molecule has 0 saturated carbocycles. The molecule has 1 amide bonds. The molecule has 1 aromatic heterocycles. The van der Waals surface area contributed by atoms with Crippen molar-refractivity contribution in [2.24, 2.45) is 5.10 Å². The Balaban J connectivity index is 1.35. The first-order valence-corrected chi connectivity index (χ1v) is 10.00. The van der Waals surface area contributed by atoms with Crippen LogP contribution in [0.15, 0.2) is 65.8 Å². The molecule has 0 fully saturated rings. The molecule has 0 spiro atoms. The maximum Gasteiger partial charge on any atom is 0.262 e. The highest BCUT2D eigenvalue weighted by Gasteiger charge is 2.29. The number of carbonyl (C=O) groups is 2. The van der Waals surface area contributed by atoms with Crippen molar-refractivity contribution in [2.75, 3.05) is 5.32 Å². The van der Waals surface area contributed by atoms with Crippen LogP contribution in [-0.4, -0.2) is 28.4 Å². The minimum Gasteiger partial charge on any atom is -0.350 e. The summed E-state index contributed by atoms with van der Waals surface area (Å²) >= 11 is 1.48. The number of aromatic nitrogens is 1. The highest BCUT2D eigenvalue weighted by molar-refractivity contribution is 7.22. The van der Waals surface area contributed by atoms with Gasteiger partial charge in [0.2, 0.25) is 5.78 Å². The Hall–Kier alpha value is -3.58. The van der Waals surface area contributed by atoms with Gasteiger partial charge in [-0.15, -0.1) is 0 Å². The van der Waals surface area contributed by atoms with E-state index in [9.17, 15) is 9.59 Å². The van der Waals surface area contributed by atoms with Crippen molar-refractivity contribution in [3.8, 4) is 0 Å². The van der Waals surface area contributed by atoms with Crippen LogP contribution in [-0.2, 0) is 4.79 Å². The normalized spacial score (nSPS) is 15.2. The number of anilines is 1. The van der Waals surface area contributed by atoms with Gasteiger partial charge in [-0.1, -0.05) is 59.9 Å². The van der Waals surface area contributed by atoms with Gasteiger partial charge >= 0.3 is 0 Å². The van der Waals surface area contributed by atoms with E-state index in [1.807, 2.05) is 54.6 Å². The lowest BCUT2D eigenvalue weighted by Crippen LogP contribution is -2.35. The first kappa shape index (κ1) is 17.5. The molecule has 1 atom stereocenters. The van der Waals surface area contributed by atoms with Crippen LogP contribution in [0.1, 0.15) is 22.8 Å². The summed E-state index contributed by atoms with van der Waals surface area (Å²) in [7, 11) is 0. The predicted octanol–water partition coefficient (Wildman–Crippen LogP) is 3.97. The number of benzene rings is 3. The van der Waals surface area contributed by atoms with Gasteiger partial charge < -0.3 is 5.32 Å². The molecular formula is C22H16N4O2S. The van der Waals surface area contributed by atoms with Crippen molar-refractivity contribution in [1.29, 1.82) is 0 Å². The van der Waals surface area contributed by atoms with Crippen LogP contribution in [0.4, 0.5) is 5.13 Å². The number of hydrogen-bond acceptors (Lipinski definition) is 6.